The molecule has 98 valence electrons. The van der Waals surface area contributed by atoms with Crippen LogP contribution in [-0.4, -0.2) is 5.91 Å². The number of furan rings is 1. The molecule has 3 nitrogen and oxygen atoms in total. The van der Waals surface area contributed by atoms with Gasteiger partial charge in [-0.15, -0.1) is 0 Å². The molecule has 0 aliphatic carbocycles. The van der Waals surface area contributed by atoms with E-state index < -0.39 is 5.91 Å². The molecule has 0 aliphatic heterocycles. The molecule has 1 amide bonds. The lowest BCUT2D eigenvalue weighted by Gasteiger charge is -2.02. The Morgan fingerprint density at radius 1 is 1.32 bits per heavy atom. The second-order valence-corrected chi connectivity index (χ2v) is 5.86. The van der Waals surface area contributed by atoms with Gasteiger partial charge < -0.3 is 10.2 Å². The van der Waals surface area contributed by atoms with E-state index in [1.54, 1.807) is 12.1 Å². The number of carbonyl (C=O) groups excluding carboxylic acids is 1. The number of hydrogen-bond acceptors (Lipinski definition) is 2. The van der Waals surface area contributed by atoms with Gasteiger partial charge in [0, 0.05) is 16.1 Å². The van der Waals surface area contributed by atoms with Crippen molar-refractivity contribution in [2.75, 3.05) is 0 Å². The van der Waals surface area contributed by atoms with Crippen LogP contribution < -0.4 is 5.73 Å². The quantitative estimate of drug-likeness (QED) is 0.758. The number of halogens is 3. The monoisotopic (exact) mass is 403 g/mol. The van der Waals surface area contributed by atoms with Crippen LogP contribution in [-0.2, 0) is 4.79 Å². The van der Waals surface area contributed by atoms with Gasteiger partial charge in [0.25, 0.3) is 0 Å². The molecule has 2 rings (SSSR count). The molecule has 0 atom stereocenters. The first-order chi connectivity index (χ1) is 8.97. The number of carbonyl (C=O) groups is 1. The summed E-state index contributed by atoms with van der Waals surface area (Å²) in [6.45, 7) is 0. The molecular weight excluding hydrogens is 397 g/mol. The number of rotatable bonds is 3. The summed E-state index contributed by atoms with van der Waals surface area (Å²) in [4.78, 5) is 10.7. The highest BCUT2D eigenvalue weighted by atomic mass is 79.9. The van der Waals surface area contributed by atoms with Gasteiger partial charge in [-0.2, -0.15) is 0 Å². The highest BCUT2D eigenvalue weighted by Gasteiger charge is 2.13. The van der Waals surface area contributed by atoms with Crippen LogP contribution in [0.2, 0.25) is 5.02 Å². The lowest BCUT2D eigenvalue weighted by Crippen LogP contribution is -2.04. The van der Waals surface area contributed by atoms with Gasteiger partial charge in [-0.1, -0.05) is 27.5 Å². The zero-order chi connectivity index (χ0) is 14.0. The molecule has 2 N–H and O–H groups in total. The van der Waals surface area contributed by atoms with Crippen molar-refractivity contribution in [2.24, 2.45) is 5.73 Å². The van der Waals surface area contributed by atoms with Crippen LogP contribution >= 0.6 is 43.5 Å². The normalized spacial score (nSPS) is 11.1. The van der Waals surface area contributed by atoms with Crippen molar-refractivity contribution in [1.82, 2.24) is 0 Å². The zero-order valence-corrected chi connectivity index (χ0v) is 13.4. The molecule has 0 saturated carbocycles. The summed E-state index contributed by atoms with van der Waals surface area (Å²) in [5.74, 6) is 0.581. The minimum Gasteiger partial charge on any atom is -0.455 e. The van der Waals surface area contributed by atoms with Crippen molar-refractivity contribution >= 4 is 55.4 Å². The van der Waals surface area contributed by atoms with Crippen LogP contribution in [0.25, 0.3) is 17.4 Å². The first-order valence-electron chi connectivity index (χ1n) is 5.19. The van der Waals surface area contributed by atoms with Crippen LogP contribution in [0, 0.1) is 0 Å². The summed E-state index contributed by atoms with van der Waals surface area (Å²) in [5.41, 5.74) is 5.79. The molecule has 0 saturated heterocycles. The zero-order valence-electron chi connectivity index (χ0n) is 9.49. The molecule has 0 bridgehead atoms. The first-order valence-corrected chi connectivity index (χ1v) is 7.16. The van der Waals surface area contributed by atoms with E-state index in [1.165, 1.54) is 12.2 Å². The van der Waals surface area contributed by atoms with E-state index in [-0.39, 0.29) is 0 Å². The maximum Gasteiger partial charge on any atom is 0.241 e. The minimum absolute atomic E-state index is 0.514. The first kappa shape index (κ1) is 14.4. The van der Waals surface area contributed by atoms with Crippen molar-refractivity contribution in [3.05, 3.63) is 50.1 Å². The third-order valence-electron chi connectivity index (χ3n) is 2.29. The molecule has 0 unspecified atom stereocenters. The predicted molar refractivity (Wildman–Crippen MR) is 82.8 cm³/mol. The average molecular weight is 405 g/mol. The van der Waals surface area contributed by atoms with Crippen LogP contribution in [0.15, 0.2) is 43.7 Å². The second kappa shape index (κ2) is 5.94. The smallest absolute Gasteiger partial charge is 0.241 e. The molecule has 19 heavy (non-hydrogen) atoms. The number of benzene rings is 1. The van der Waals surface area contributed by atoms with Gasteiger partial charge >= 0.3 is 0 Å². The maximum absolute atomic E-state index is 10.7. The number of nitrogens with two attached hydrogens (primary N) is 1. The number of primary amides is 1. The van der Waals surface area contributed by atoms with Crippen molar-refractivity contribution < 1.29 is 9.21 Å². The van der Waals surface area contributed by atoms with E-state index in [1.807, 2.05) is 12.1 Å². The Morgan fingerprint density at radius 3 is 2.68 bits per heavy atom. The summed E-state index contributed by atoms with van der Waals surface area (Å²) in [6.07, 6.45) is 2.74. The molecule has 2 aromatic rings. The van der Waals surface area contributed by atoms with Crippen molar-refractivity contribution in [2.45, 2.75) is 0 Å². The fourth-order valence-electron chi connectivity index (χ4n) is 1.49. The standard InChI is InChI=1S/C13H8Br2ClNO2/c14-7-1-3-9(11(16)5-7)13-10(15)6-8(19-13)2-4-12(17)18/h1-6H,(H2,17,18)/b4-2-. The topological polar surface area (TPSA) is 56.2 Å². The van der Waals surface area contributed by atoms with E-state index in [4.69, 9.17) is 21.8 Å². The van der Waals surface area contributed by atoms with E-state index in [2.05, 4.69) is 31.9 Å². The highest BCUT2D eigenvalue weighted by molar-refractivity contribution is 9.10. The largest absolute Gasteiger partial charge is 0.455 e. The van der Waals surface area contributed by atoms with Crippen LogP contribution in [0.4, 0.5) is 0 Å². The molecule has 0 radical (unpaired) electrons. The van der Waals surface area contributed by atoms with E-state index in [0.29, 0.717) is 16.5 Å². The van der Waals surface area contributed by atoms with Gasteiger partial charge in [-0.05, 0) is 46.3 Å². The van der Waals surface area contributed by atoms with Crippen molar-refractivity contribution in [3.8, 4) is 11.3 Å². The molecule has 6 heteroatoms. The SMILES string of the molecule is NC(=O)/C=C\c1cc(Br)c(-c2ccc(Br)cc2Cl)o1. The Bertz CT molecular complexity index is 665. The predicted octanol–water partition coefficient (Wildman–Crippen LogP) is 4.62. The Labute approximate surface area is 131 Å². The van der Waals surface area contributed by atoms with E-state index in [9.17, 15) is 4.79 Å². The van der Waals surface area contributed by atoms with Crippen LogP contribution in [0.1, 0.15) is 5.76 Å². The summed E-state index contributed by atoms with van der Waals surface area (Å²) in [6, 6.07) is 7.24. The molecule has 1 aromatic carbocycles. The average Bonchev–Trinajstić information content (AvgIpc) is 2.68. The molecule has 0 aliphatic rings. The van der Waals surface area contributed by atoms with Gasteiger partial charge in [0.05, 0.1) is 9.50 Å². The van der Waals surface area contributed by atoms with Gasteiger partial charge in [0.2, 0.25) is 5.91 Å². The van der Waals surface area contributed by atoms with Gasteiger partial charge in [0.1, 0.15) is 11.5 Å². The van der Waals surface area contributed by atoms with Crippen molar-refractivity contribution in [1.29, 1.82) is 0 Å². The molecule has 0 fully saturated rings. The van der Waals surface area contributed by atoms with Gasteiger partial charge in [0.15, 0.2) is 0 Å². The fourth-order valence-corrected chi connectivity index (χ4v) is 2.77. The Balaban J connectivity index is 2.43. The fraction of sp³-hybridized carbons (Fsp3) is 0. The summed E-state index contributed by atoms with van der Waals surface area (Å²) < 4.78 is 7.27. The van der Waals surface area contributed by atoms with E-state index >= 15 is 0 Å². The lowest BCUT2D eigenvalue weighted by molar-refractivity contribution is -0.113. The Hall–Kier alpha value is -1.04. The van der Waals surface area contributed by atoms with Crippen LogP contribution in [0.3, 0.4) is 0 Å². The summed E-state index contributed by atoms with van der Waals surface area (Å²) in [7, 11) is 0. The molecule has 1 aromatic heterocycles. The third-order valence-corrected chi connectivity index (χ3v) is 3.69. The summed E-state index contributed by atoms with van der Waals surface area (Å²) >= 11 is 12.9. The molecule has 0 spiro atoms. The Kier molecular flexibility index (Phi) is 4.50. The Morgan fingerprint density at radius 2 is 2.05 bits per heavy atom. The van der Waals surface area contributed by atoms with E-state index in [0.717, 1.165) is 14.5 Å². The number of amides is 1. The third kappa shape index (κ3) is 3.49. The second-order valence-electron chi connectivity index (χ2n) is 3.69. The van der Waals surface area contributed by atoms with Gasteiger partial charge in [-0.25, -0.2) is 0 Å². The minimum atomic E-state index is -0.532. The van der Waals surface area contributed by atoms with Gasteiger partial charge in [-0.3, -0.25) is 4.79 Å². The maximum atomic E-state index is 10.7. The lowest BCUT2D eigenvalue weighted by atomic mass is 10.2. The highest BCUT2D eigenvalue weighted by Crippen LogP contribution is 2.37. The van der Waals surface area contributed by atoms with Crippen LogP contribution in [0.5, 0.6) is 0 Å². The number of hydrogen-bond donors (Lipinski definition) is 1. The van der Waals surface area contributed by atoms with Crippen molar-refractivity contribution in [3.63, 3.8) is 0 Å². The molecular formula is C13H8Br2ClNO2. The molecule has 1 heterocycles. The summed E-state index contributed by atoms with van der Waals surface area (Å²) in [5, 5.41) is 0.565.